The molecule has 0 aliphatic carbocycles. The first kappa shape index (κ1) is 9.97. The summed E-state index contributed by atoms with van der Waals surface area (Å²) in [5.41, 5.74) is -0.397. The van der Waals surface area contributed by atoms with Crippen molar-refractivity contribution in [1.29, 1.82) is 0 Å². The number of carbonyl (C=O) groups is 1. The smallest absolute Gasteiger partial charge is 0.271 e. The lowest BCUT2D eigenvalue weighted by Gasteiger charge is -2.10. The molecular formula is C8H9ClN4O2. The maximum Gasteiger partial charge on any atom is 0.271 e. The van der Waals surface area contributed by atoms with Crippen LogP contribution >= 0.6 is 11.6 Å². The largest absolute Gasteiger partial charge is 0.364 e. The van der Waals surface area contributed by atoms with Crippen LogP contribution in [0.3, 0.4) is 0 Å². The summed E-state index contributed by atoms with van der Waals surface area (Å²) in [5.74, 6) is 0.287. The van der Waals surface area contributed by atoms with Gasteiger partial charge < -0.3 is 15.6 Å². The second kappa shape index (κ2) is 3.90. The molecule has 1 aromatic rings. The molecule has 1 amide bonds. The Balaban J connectivity index is 2.14. The van der Waals surface area contributed by atoms with Crippen LogP contribution in [0.4, 0.5) is 5.82 Å². The van der Waals surface area contributed by atoms with E-state index in [0.29, 0.717) is 18.8 Å². The molecule has 0 spiro atoms. The molecule has 6 nitrogen and oxygen atoms in total. The van der Waals surface area contributed by atoms with Gasteiger partial charge in [-0.15, -0.1) is 0 Å². The summed E-state index contributed by atoms with van der Waals surface area (Å²) in [6.07, 6.45) is 1.63. The Morgan fingerprint density at radius 1 is 1.53 bits per heavy atom. The zero-order valence-electron chi connectivity index (χ0n) is 7.71. The molecule has 0 aromatic carbocycles. The number of halogens is 1. The molecule has 1 unspecified atom stereocenters. The quantitative estimate of drug-likeness (QED) is 0.650. The molecule has 7 heteroatoms. The number of hydrogen-bond donors (Lipinski definition) is 3. The first-order valence-corrected chi connectivity index (χ1v) is 4.81. The molecule has 80 valence electrons. The number of nitrogens with zero attached hydrogens (tertiary/aromatic N) is 1. The lowest BCUT2D eigenvalue weighted by molar-refractivity contribution is -0.119. The lowest BCUT2D eigenvalue weighted by atomic mass is 10.2. The molecule has 2 rings (SSSR count). The second-order valence-electron chi connectivity index (χ2n) is 3.24. The number of nitrogens with one attached hydrogen (secondary N) is 3. The van der Waals surface area contributed by atoms with Crippen molar-refractivity contribution in [2.75, 3.05) is 11.9 Å². The molecule has 1 aliphatic rings. The first-order chi connectivity index (χ1) is 7.16. The minimum Gasteiger partial charge on any atom is -0.364 e. The van der Waals surface area contributed by atoms with Gasteiger partial charge in [0.1, 0.15) is 5.02 Å². The second-order valence-corrected chi connectivity index (χ2v) is 3.62. The van der Waals surface area contributed by atoms with E-state index >= 15 is 0 Å². The molecule has 1 aliphatic heterocycles. The number of anilines is 1. The molecule has 2 heterocycles. The van der Waals surface area contributed by atoms with Crippen LogP contribution in [0.2, 0.25) is 5.02 Å². The Kier molecular flexibility index (Phi) is 2.59. The van der Waals surface area contributed by atoms with Crippen LogP contribution < -0.4 is 16.2 Å². The maximum atomic E-state index is 11.1. The summed E-state index contributed by atoms with van der Waals surface area (Å²) in [4.78, 5) is 28.3. The van der Waals surface area contributed by atoms with Crippen LogP contribution in [0.1, 0.15) is 6.42 Å². The molecule has 1 saturated heterocycles. The highest BCUT2D eigenvalue weighted by Gasteiger charge is 2.22. The number of H-pyrrole nitrogens is 1. The standard InChI is InChI=1S/C8H9ClN4O2/c9-6-7(11-3-12-8(6)15)13-4-1-5(14)10-2-4/h3-4H,1-2H2,(H,10,14)(H2,11,12,13,15). The van der Waals surface area contributed by atoms with E-state index in [1.54, 1.807) is 0 Å². The van der Waals surface area contributed by atoms with Gasteiger partial charge in [0.2, 0.25) is 5.91 Å². The van der Waals surface area contributed by atoms with Gasteiger partial charge in [-0.1, -0.05) is 11.6 Å². The highest BCUT2D eigenvalue weighted by molar-refractivity contribution is 6.32. The SMILES string of the molecule is O=C1CC(Nc2nc[nH]c(=O)c2Cl)CN1. The van der Waals surface area contributed by atoms with E-state index in [0.717, 1.165) is 0 Å². The Morgan fingerprint density at radius 3 is 3.00 bits per heavy atom. The monoisotopic (exact) mass is 228 g/mol. The highest BCUT2D eigenvalue weighted by Crippen LogP contribution is 2.15. The van der Waals surface area contributed by atoms with E-state index in [2.05, 4.69) is 20.6 Å². The number of hydrogen-bond acceptors (Lipinski definition) is 4. The zero-order valence-corrected chi connectivity index (χ0v) is 8.47. The predicted molar refractivity (Wildman–Crippen MR) is 54.9 cm³/mol. The first-order valence-electron chi connectivity index (χ1n) is 4.43. The number of aromatic nitrogens is 2. The summed E-state index contributed by atoms with van der Waals surface area (Å²) in [5, 5.41) is 5.61. The molecule has 3 N–H and O–H groups in total. The van der Waals surface area contributed by atoms with Crippen LogP contribution in [0.25, 0.3) is 0 Å². The molecule has 1 fully saturated rings. The third-order valence-corrected chi connectivity index (χ3v) is 2.47. The Labute approximate surface area is 90.1 Å². The van der Waals surface area contributed by atoms with Crippen molar-refractivity contribution in [1.82, 2.24) is 15.3 Å². The van der Waals surface area contributed by atoms with Gasteiger partial charge in [-0.3, -0.25) is 9.59 Å². The number of rotatable bonds is 2. The highest BCUT2D eigenvalue weighted by atomic mass is 35.5. The Hall–Kier alpha value is -1.56. The van der Waals surface area contributed by atoms with Gasteiger partial charge in [0, 0.05) is 13.0 Å². The minimum absolute atomic E-state index is 0.0110. The number of carbonyl (C=O) groups excluding carboxylic acids is 1. The van der Waals surface area contributed by atoms with Gasteiger partial charge >= 0.3 is 0 Å². The summed E-state index contributed by atoms with van der Waals surface area (Å²) < 4.78 is 0. The van der Waals surface area contributed by atoms with Crippen molar-refractivity contribution in [3.63, 3.8) is 0 Å². The van der Waals surface area contributed by atoms with E-state index in [4.69, 9.17) is 11.6 Å². The van der Waals surface area contributed by atoms with Crippen molar-refractivity contribution < 1.29 is 4.79 Å². The third-order valence-electron chi connectivity index (χ3n) is 2.11. The van der Waals surface area contributed by atoms with Gasteiger partial charge in [0.15, 0.2) is 5.82 Å². The molecule has 1 aromatic heterocycles. The topological polar surface area (TPSA) is 86.9 Å². The molecule has 1 atom stereocenters. The van der Waals surface area contributed by atoms with Crippen LogP contribution in [0.15, 0.2) is 11.1 Å². The van der Waals surface area contributed by atoms with Crippen molar-refractivity contribution >= 4 is 23.3 Å². The van der Waals surface area contributed by atoms with Crippen molar-refractivity contribution in [3.8, 4) is 0 Å². The fourth-order valence-corrected chi connectivity index (χ4v) is 1.54. The van der Waals surface area contributed by atoms with Crippen molar-refractivity contribution in [2.45, 2.75) is 12.5 Å². The zero-order chi connectivity index (χ0) is 10.8. The van der Waals surface area contributed by atoms with Crippen LogP contribution in [-0.4, -0.2) is 28.5 Å². The van der Waals surface area contributed by atoms with Crippen LogP contribution in [-0.2, 0) is 4.79 Å². The van der Waals surface area contributed by atoms with E-state index in [9.17, 15) is 9.59 Å². The van der Waals surface area contributed by atoms with E-state index in [1.165, 1.54) is 6.33 Å². The fourth-order valence-electron chi connectivity index (χ4n) is 1.38. The van der Waals surface area contributed by atoms with E-state index in [-0.39, 0.29) is 17.0 Å². The normalized spacial score (nSPS) is 20.1. The average Bonchev–Trinajstić information content (AvgIpc) is 2.59. The molecule has 15 heavy (non-hydrogen) atoms. The third kappa shape index (κ3) is 2.10. The minimum atomic E-state index is -0.397. The van der Waals surface area contributed by atoms with Gasteiger partial charge in [0.05, 0.1) is 12.4 Å². The van der Waals surface area contributed by atoms with Crippen LogP contribution in [0, 0.1) is 0 Å². The summed E-state index contributed by atoms with van der Waals surface area (Å²) in [6.45, 7) is 0.518. The van der Waals surface area contributed by atoms with E-state index in [1.807, 2.05) is 0 Å². The fraction of sp³-hybridized carbons (Fsp3) is 0.375. The van der Waals surface area contributed by atoms with Gasteiger partial charge in [0.25, 0.3) is 5.56 Å². The predicted octanol–water partition coefficient (Wildman–Crippen LogP) is -0.276. The summed E-state index contributed by atoms with van der Waals surface area (Å²) >= 11 is 5.73. The maximum absolute atomic E-state index is 11.1. The lowest BCUT2D eigenvalue weighted by Crippen LogP contribution is -2.24. The summed E-state index contributed by atoms with van der Waals surface area (Å²) in [7, 11) is 0. The Morgan fingerprint density at radius 2 is 2.33 bits per heavy atom. The summed E-state index contributed by atoms with van der Waals surface area (Å²) in [6, 6.07) is -0.0655. The molecule has 0 bridgehead atoms. The van der Waals surface area contributed by atoms with Gasteiger partial charge in [-0.25, -0.2) is 4.98 Å². The molecule has 0 saturated carbocycles. The van der Waals surface area contributed by atoms with Gasteiger partial charge in [-0.2, -0.15) is 0 Å². The van der Waals surface area contributed by atoms with Gasteiger partial charge in [-0.05, 0) is 0 Å². The van der Waals surface area contributed by atoms with Crippen LogP contribution in [0.5, 0.6) is 0 Å². The van der Waals surface area contributed by atoms with E-state index < -0.39 is 5.56 Å². The molecular weight excluding hydrogens is 220 g/mol. The molecule has 0 radical (unpaired) electrons. The van der Waals surface area contributed by atoms with Crippen molar-refractivity contribution in [3.05, 3.63) is 21.7 Å². The number of aromatic amines is 1. The number of amides is 1. The average molecular weight is 229 g/mol. The van der Waals surface area contributed by atoms with Crippen molar-refractivity contribution in [2.24, 2.45) is 0 Å². The Bertz CT molecular complexity index is 445.